The summed E-state index contributed by atoms with van der Waals surface area (Å²) in [6.45, 7) is 4.15. The molecule has 0 fully saturated rings. The summed E-state index contributed by atoms with van der Waals surface area (Å²) >= 11 is 0. The first-order chi connectivity index (χ1) is 9.77. The second-order valence-electron chi connectivity index (χ2n) is 4.73. The van der Waals surface area contributed by atoms with Gasteiger partial charge in [-0.1, -0.05) is 13.8 Å². The van der Waals surface area contributed by atoms with Gasteiger partial charge in [0.1, 0.15) is 5.82 Å². The van der Waals surface area contributed by atoms with E-state index in [1.807, 2.05) is 13.8 Å². The van der Waals surface area contributed by atoms with Gasteiger partial charge in [0, 0.05) is 11.6 Å². The summed E-state index contributed by atoms with van der Waals surface area (Å²) in [7, 11) is 0. The van der Waals surface area contributed by atoms with Gasteiger partial charge in [0.15, 0.2) is 0 Å². The van der Waals surface area contributed by atoms with Gasteiger partial charge in [0.25, 0.3) is 0 Å². The van der Waals surface area contributed by atoms with E-state index in [0.29, 0.717) is 12.6 Å². The number of hydrogen-bond donors (Lipinski definition) is 1. The Hall–Kier alpha value is -1.96. The van der Waals surface area contributed by atoms with Crippen LogP contribution >= 0.6 is 0 Å². The van der Waals surface area contributed by atoms with Crippen molar-refractivity contribution in [3.8, 4) is 11.5 Å². The van der Waals surface area contributed by atoms with Gasteiger partial charge in [-0.05, 0) is 18.2 Å². The minimum atomic E-state index is -4.78. The Bertz CT molecular complexity index is 622. The van der Waals surface area contributed by atoms with Crippen LogP contribution in [0.15, 0.2) is 22.6 Å². The number of rotatable bonds is 4. The second-order valence-corrected chi connectivity index (χ2v) is 4.73. The van der Waals surface area contributed by atoms with E-state index < -0.39 is 17.6 Å². The fraction of sp³-hybridized carbons (Fsp3) is 0.385. The predicted molar refractivity (Wildman–Crippen MR) is 66.7 cm³/mol. The standard InChI is InChI=1S/C13H13F4N3O/c1-7(2)18-6-11-19-20-12(21-11)8-3-4-10(14)9(5-8)13(15,16)17/h3-5,7,18H,6H2,1-2H3. The molecule has 4 nitrogen and oxygen atoms in total. The third-order valence-corrected chi connectivity index (χ3v) is 2.65. The average molecular weight is 303 g/mol. The van der Waals surface area contributed by atoms with Crippen molar-refractivity contribution >= 4 is 0 Å². The molecule has 0 aliphatic carbocycles. The van der Waals surface area contributed by atoms with E-state index in [1.54, 1.807) is 0 Å². The van der Waals surface area contributed by atoms with Gasteiger partial charge >= 0.3 is 6.18 Å². The molecule has 0 saturated heterocycles. The van der Waals surface area contributed by atoms with Crippen molar-refractivity contribution in [1.82, 2.24) is 15.5 Å². The van der Waals surface area contributed by atoms with Crippen molar-refractivity contribution in [2.45, 2.75) is 32.6 Å². The van der Waals surface area contributed by atoms with E-state index in [9.17, 15) is 17.6 Å². The van der Waals surface area contributed by atoms with E-state index in [0.717, 1.165) is 12.1 Å². The molecule has 1 N–H and O–H groups in total. The maximum absolute atomic E-state index is 13.2. The van der Waals surface area contributed by atoms with Crippen LogP contribution in [0.25, 0.3) is 11.5 Å². The Kier molecular flexibility index (Phi) is 4.26. The number of nitrogens with zero attached hydrogens (tertiary/aromatic N) is 2. The molecule has 0 saturated carbocycles. The third kappa shape index (κ3) is 3.78. The van der Waals surface area contributed by atoms with Gasteiger partial charge < -0.3 is 9.73 Å². The van der Waals surface area contributed by atoms with Crippen molar-refractivity contribution in [3.05, 3.63) is 35.5 Å². The number of benzene rings is 1. The van der Waals surface area contributed by atoms with Gasteiger partial charge in [-0.2, -0.15) is 13.2 Å². The van der Waals surface area contributed by atoms with E-state index >= 15 is 0 Å². The number of halogens is 4. The highest BCUT2D eigenvalue weighted by molar-refractivity contribution is 5.54. The Labute approximate surface area is 118 Å². The molecular weight excluding hydrogens is 290 g/mol. The smallest absolute Gasteiger partial charge is 0.419 e. The minimum absolute atomic E-state index is 0.0204. The molecule has 21 heavy (non-hydrogen) atoms. The normalized spacial score (nSPS) is 12.1. The zero-order valence-electron chi connectivity index (χ0n) is 11.3. The van der Waals surface area contributed by atoms with Crippen LogP contribution in [-0.2, 0) is 12.7 Å². The number of hydrogen-bond acceptors (Lipinski definition) is 4. The Morgan fingerprint density at radius 2 is 1.95 bits per heavy atom. The van der Waals surface area contributed by atoms with E-state index in [1.165, 1.54) is 0 Å². The van der Waals surface area contributed by atoms with Gasteiger partial charge in [0.2, 0.25) is 11.8 Å². The van der Waals surface area contributed by atoms with Crippen molar-refractivity contribution in [2.24, 2.45) is 0 Å². The Morgan fingerprint density at radius 1 is 1.24 bits per heavy atom. The lowest BCUT2D eigenvalue weighted by Gasteiger charge is -2.08. The van der Waals surface area contributed by atoms with Gasteiger partial charge in [-0.3, -0.25) is 0 Å². The topological polar surface area (TPSA) is 51.0 Å². The summed E-state index contributed by atoms with van der Waals surface area (Å²) in [5, 5.41) is 10.4. The van der Waals surface area contributed by atoms with Gasteiger partial charge in [0.05, 0.1) is 12.1 Å². The van der Waals surface area contributed by atoms with Crippen LogP contribution in [0, 0.1) is 5.82 Å². The monoisotopic (exact) mass is 303 g/mol. The summed E-state index contributed by atoms with van der Waals surface area (Å²) in [6.07, 6.45) is -4.78. The molecule has 0 radical (unpaired) electrons. The van der Waals surface area contributed by atoms with Crippen LogP contribution in [0.5, 0.6) is 0 Å². The lowest BCUT2D eigenvalue weighted by atomic mass is 10.1. The van der Waals surface area contributed by atoms with Gasteiger partial charge in [-0.25, -0.2) is 4.39 Å². The first-order valence-corrected chi connectivity index (χ1v) is 6.20. The van der Waals surface area contributed by atoms with Crippen LogP contribution in [0.2, 0.25) is 0 Å². The molecule has 0 spiro atoms. The molecule has 2 aromatic rings. The first kappa shape index (κ1) is 15.4. The molecule has 0 bridgehead atoms. The van der Waals surface area contributed by atoms with Crippen LogP contribution in [0.3, 0.4) is 0 Å². The molecular formula is C13H13F4N3O. The third-order valence-electron chi connectivity index (χ3n) is 2.65. The maximum atomic E-state index is 13.2. The van der Waals surface area contributed by atoms with Crippen molar-refractivity contribution in [2.75, 3.05) is 0 Å². The second kappa shape index (κ2) is 5.80. The highest BCUT2D eigenvalue weighted by Gasteiger charge is 2.34. The van der Waals surface area contributed by atoms with Crippen LogP contribution in [0.4, 0.5) is 17.6 Å². The molecule has 0 aliphatic rings. The molecule has 2 rings (SSSR count). The molecule has 0 atom stereocenters. The first-order valence-electron chi connectivity index (χ1n) is 6.20. The molecule has 8 heteroatoms. The lowest BCUT2D eigenvalue weighted by molar-refractivity contribution is -0.139. The molecule has 1 aromatic heterocycles. The predicted octanol–water partition coefficient (Wildman–Crippen LogP) is 3.39. The van der Waals surface area contributed by atoms with Crippen molar-refractivity contribution in [3.63, 3.8) is 0 Å². The van der Waals surface area contributed by atoms with Crippen molar-refractivity contribution in [1.29, 1.82) is 0 Å². The quantitative estimate of drug-likeness (QED) is 0.880. The van der Waals surface area contributed by atoms with Crippen LogP contribution < -0.4 is 5.32 Å². The summed E-state index contributed by atoms with van der Waals surface area (Å²) in [6, 6.07) is 2.75. The number of nitrogens with one attached hydrogen (secondary N) is 1. The number of alkyl halides is 3. The molecule has 1 heterocycles. The molecule has 114 valence electrons. The van der Waals surface area contributed by atoms with Crippen molar-refractivity contribution < 1.29 is 22.0 Å². The van der Waals surface area contributed by atoms with E-state index in [2.05, 4.69) is 15.5 Å². The van der Waals surface area contributed by atoms with Crippen LogP contribution in [-0.4, -0.2) is 16.2 Å². The van der Waals surface area contributed by atoms with Crippen LogP contribution in [0.1, 0.15) is 25.3 Å². The zero-order valence-corrected chi connectivity index (χ0v) is 11.3. The fourth-order valence-electron chi connectivity index (χ4n) is 1.61. The Balaban J connectivity index is 2.26. The lowest BCUT2D eigenvalue weighted by Crippen LogP contribution is -2.21. The van der Waals surface area contributed by atoms with E-state index in [4.69, 9.17) is 4.42 Å². The highest BCUT2D eigenvalue weighted by Crippen LogP contribution is 2.33. The summed E-state index contributed by atoms with van der Waals surface area (Å²) in [5.41, 5.74) is -1.34. The summed E-state index contributed by atoms with van der Waals surface area (Å²) in [4.78, 5) is 0. The molecule has 0 aliphatic heterocycles. The molecule has 0 unspecified atom stereocenters. The average Bonchev–Trinajstić information content (AvgIpc) is 2.84. The minimum Gasteiger partial charge on any atom is -0.419 e. The largest absolute Gasteiger partial charge is 0.419 e. The molecule has 0 amide bonds. The number of aromatic nitrogens is 2. The SMILES string of the molecule is CC(C)NCc1nnc(-c2ccc(F)c(C(F)(F)F)c2)o1. The van der Waals surface area contributed by atoms with E-state index in [-0.39, 0.29) is 23.4 Å². The van der Waals surface area contributed by atoms with Gasteiger partial charge in [-0.15, -0.1) is 10.2 Å². The fourth-order valence-corrected chi connectivity index (χ4v) is 1.61. The molecule has 1 aromatic carbocycles. The summed E-state index contributed by atoms with van der Waals surface area (Å²) in [5.74, 6) is -1.18. The summed E-state index contributed by atoms with van der Waals surface area (Å²) < 4.78 is 56.4. The maximum Gasteiger partial charge on any atom is 0.419 e. The zero-order chi connectivity index (χ0) is 15.6. The Morgan fingerprint density at radius 3 is 2.57 bits per heavy atom. The highest BCUT2D eigenvalue weighted by atomic mass is 19.4.